The fourth-order valence-electron chi connectivity index (χ4n) is 1.17. The normalized spacial score (nSPS) is 28.4. The number of hydrogen-bond donors (Lipinski definition) is 1. The number of carbonyl (C=O) groups is 1. The molecule has 1 unspecified atom stereocenters. The van der Waals surface area contributed by atoms with Crippen LogP contribution < -0.4 is 0 Å². The molecule has 1 amide bonds. The van der Waals surface area contributed by atoms with Crippen LogP contribution in [0.2, 0.25) is 0 Å². The van der Waals surface area contributed by atoms with E-state index in [4.69, 9.17) is 5.11 Å². The molecule has 0 aromatic carbocycles. The maximum atomic E-state index is 11.0. The van der Waals surface area contributed by atoms with E-state index in [0.29, 0.717) is 6.42 Å². The molecular weight excluding hydrogens is 130 g/mol. The number of nitrogens with zero attached hydrogens (tertiary/aromatic N) is 1. The van der Waals surface area contributed by atoms with Gasteiger partial charge in [-0.1, -0.05) is 0 Å². The van der Waals surface area contributed by atoms with Crippen molar-refractivity contribution in [3.05, 3.63) is 0 Å². The molecule has 1 aliphatic heterocycles. The van der Waals surface area contributed by atoms with E-state index in [1.165, 1.54) is 0 Å². The number of hydrogen-bond acceptors (Lipinski definition) is 2. The van der Waals surface area contributed by atoms with Crippen molar-refractivity contribution in [2.75, 3.05) is 13.6 Å². The Morgan fingerprint density at radius 2 is 2.30 bits per heavy atom. The second kappa shape index (κ2) is 3.01. The van der Waals surface area contributed by atoms with Gasteiger partial charge in [0.2, 0.25) is 0 Å². The average Bonchev–Trinajstić information content (AvgIpc) is 2.04. The smallest absolute Gasteiger partial charge is 0.251 e. The van der Waals surface area contributed by atoms with Crippen LogP contribution in [-0.4, -0.2) is 35.6 Å². The summed E-state index contributed by atoms with van der Waals surface area (Å²) < 4.78 is 0. The van der Waals surface area contributed by atoms with Crippen molar-refractivity contribution < 1.29 is 9.90 Å². The molecule has 0 saturated carbocycles. The molecule has 0 bridgehead atoms. The summed E-state index contributed by atoms with van der Waals surface area (Å²) in [6.07, 6.45) is 1.85. The van der Waals surface area contributed by atoms with Gasteiger partial charge in [0.05, 0.1) is 0 Å². The standard InChI is InChI=1S/C7H13NO2/c1-8-5-3-2-4-6(9)7(8)10/h6,9H,2-5H2,1H3. The predicted molar refractivity (Wildman–Crippen MR) is 37.5 cm³/mol. The van der Waals surface area contributed by atoms with Crippen LogP contribution in [0, 0.1) is 0 Å². The topological polar surface area (TPSA) is 40.5 Å². The SMILES string of the molecule is CN1CCCCC(O)C1=O. The zero-order chi connectivity index (χ0) is 7.56. The molecule has 1 rings (SSSR count). The van der Waals surface area contributed by atoms with Crippen molar-refractivity contribution in [1.82, 2.24) is 4.90 Å². The number of amides is 1. The van der Waals surface area contributed by atoms with E-state index in [0.717, 1.165) is 19.4 Å². The molecule has 1 N–H and O–H groups in total. The number of carbonyl (C=O) groups excluding carboxylic acids is 1. The van der Waals surface area contributed by atoms with Crippen LogP contribution in [0.3, 0.4) is 0 Å². The third-order valence-electron chi connectivity index (χ3n) is 1.88. The van der Waals surface area contributed by atoms with Gasteiger partial charge in [-0.05, 0) is 19.3 Å². The average molecular weight is 143 g/mol. The van der Waals surface area contributed by atoms with Crippen LogP contribution in [0.25, 0.3) is 0 Å². The summed E-state index contributed by atoms with van der Waals surface area (Å²) in [6, 6.07) is 0. The number of likely N-dealkylation sites (N-methyl/N-ethyl adjacent to an activating group) is 1. The van der Waals surface area contributed by atoms with Gasteiger partial charge in [-0.2, -0.15) is 0 Å². The molecule has 0 aromatic heterocycles. The molecule has 1 atom stereocenters. The van der Waals surface area contributed by atoms with Crippen molar-refractivity contribution in [3.63, 3.8) is 0 Å². The Hall–Kier alpha value is -0.570. The molecular formula is C7H13NO2. The molecule has 0 aromatic rings. The van der Waals surface area contributed by atoms with Gasteiger partial charge in [-0.15, -0.1) is 0 Å². The van der Waals surface area contributed by atoms with E-state index < -0.39 is 6.10 Å². The van der Waals surface area contributed by atoms with Gasteiger partial charge in [0.1, 0.15) is 6.10 Å². The molecule has 3 nitrogen and oxygen atoms in total. The zero-order valence-electron chi connectivity index (χ0n) is 6.21. The molecule has 1 saturated heterocycles. The van der Waals surface area contributed by atoms with Crippen LogP contribution in [0.15, 0.2) is 0 Å². The first kappa shape index (κ1) is 7.54. The van der Waals surface area contributed by atoms with E-state index in [2.05, 4.69) is 0 Å². The Morgan fingerprint density at radius 1 is 1.60 bits per heavy atom. The second-order valence-corrected chi connectivity index (χ2v) is 2.77. The third kappa shape index (κ3) is 1.48. The van der Waals surface area contributed by atoms with Gasteiger partial charge in [0.15, 0.2) is 0 Å². The molecule has 0 radical (unpaired) electrons. The minimum atomic E-state index is -0.743. The number of rotatable bonds is 0. The van der Waals surface area contributed by atoms with Crippen LogP contribution in [-0.2, 0) is 4.79 Å². The monoisotopic (exact) mass is 143 g/mol. The Labute approximate surface area is 60.6 Å². The van der Waals surface area contributed by atoms with Gasteiger partial charge in [-0.3, -0.25) is 4.79 Å². The summed E-state index contributed by atoms with van der Waals surface area (Å²) in [5.74, 6) is -0.127. The van der Waals surface area contributed by atoms with Crippen molar-refractivity contribution in [2.45, 2.75) is 25.4 Å². The second-order valence-electron chi connectivity index (χ2n) is 2.77. The summed E-state index contributed by atoms with van der Waals surface area (Å²) in [7, 11) is 1.73. The summed E-state index contributed by atoms with van der Waals surface area (Å²) in [5.41, 5.74) is 0. The first-order valence-electron chi connectivity index (χ1n) is 3.65. The fourth-order valence-corrected chi connectivity index (χ4v) is 1.17. The molecule has 1 aliphatic rings. The van der Waals surface area contributed by atoms with Gasteiger partial charge in [0.25, 0.3) is 5.91 Å². The van der Waals surface area contributed by atoms with E-state index in [-0.39, 0.29) is 5.91 Å². The minimum Gasteiger partial charge on any atom is -0.383 e. The van der Waals surface area contributed by atoms with Crippen molar-refractivity contribution in [1.29, 1.82) is 0 Å². The van der Waals surface area contributed by atoms with E-state index in [9.17, 15) is 4.79 Å². The summed E-state index contributed by atoms with van der Waals surface area (Å²) in [6.45, 7) is 0.788. The molecule has 1 heterocycles. The molecule has 0 aliphatic carbocycles. The molecule has 1 fully saturated rings. The first-order chi connectivity index (χ1) is 4.72. The highest BCUT2D eigenvalue weighted by molar-refractivity contribution is 5.80. The number of likely N-dealkylation sites (tertiary alicyclic amines) is 1. The van der Waals surface area contributed by atoms with Crippen molar-refractivity contribution in [2.24, 2.45) is 0 Å². The predicted octanol–water partition coefficient (Wildman–Crippen LogP) is -0.0104. The summed E-state index contributed by atoms with van der Waals surface area (Å²) in [4.78, 5) is 12.6. The molecule has 3 heteroatoms. The quantitative estimate of drug-likeness (QED) is 0.518. The Balaban J connectivity index is 2.55. The number of aliphatic hydroxyl groups excluding tert-OH is 1. The highest BCUT2D eigenvalue weighted by atomic mass is 16.3. The summed E-state index contributed by atoms with van der Waals surface area (Å²) in [5, 5.41) is 9.14. The largest absolute Gasteiger partial charge is 0.383 e. The van der Waals surface area contributed by atoms with Crippen LogP contribution >= 0.6 is 0 Å². The lowest BCUT2D eigenvalue weighted by Gasteiger charge is -2.15. The van der Waals surface area contributed by atoms with Crippen LogP contribution in [0.1, 0.15) is 19.3 Å². The Kier molecular flexibility index (Phi) is 2.27. The zero-order valence-corrected chi connectivity index (χ0v) is 6.21. The van der Waals surface area contributed by atoms with Gasteiger partial charge in [-0.25, -0.2) is 0 Å². The Morgan fingerprint density at radius 3 is 3.00 bits per heavy atom. The maximum absolute atomic E-state index is 11.0. The lowest BCUT2D eigenvalue weighted by Crippen LogP contribution is -2.34. The van der Waals surface area contributed by atoms with Crippen molar-refractivity contribution >= 4 is 5.91 Å². The van der Waals surface area contributed by atoms with Crippen molar-refractivity contribution in [3.8, 4) is 0 Å². The Bertz CT molecular complexity index is 122. The van der Waals surface area contributed by atoms with Gasteiger partial charge >= 0.3 is 0 Å². The van der Waals surface area contributed by atoms with Gasteiger partial charge in [0, 0.05) is 13.6 Å². The van der Waals surface area contributed by atoms with Crippen LogP contribution in [0.4, 0.5) is 0 Å². The van der Waals surface area contributed by atoms with E-state index >= 15 is 0 Å². The minimum absolute atomic E-state index is 0.127. The lowest BCUT2D eigenvalue weighted by atomic mass is 10.2. The van der Waals surface area contributed by atoms with E-state index in [1.807, 2.05) is 0 Å². The fraction of sp³-hybridized carbons (Fsp3) is 0.857. The molecule has 0 spiro atoms. The maximum Gasteiger partial charge on any atom is 0.251 e. The highest BCUT2D eigenvalue weighted by Gasteiger charge is 2.21. The lowest BCUT2D eigenvalue weighted by molar-refractivity contribution is -0.138. The van der Waals surface area contributed by atoms with Gasteiger partial charge < -0.3 is 10.0 Å². The molecule has 10 heavy (non-hydrogen) atoms. The van der Waals surface area contributed by atoms with E-state index in [1.54, 1.807) is 11.9 Å². The first-order valence-corrected chi connectivity index (χ1v) is 3.65. The number of aliphatic hydroxyl groups is 1. The summed E-state index contributed by atoms with van der Waals surface area (Å²) >= 11 is 0. The highest BCUT2D eigenvalue weighted by Crippen LogP contribution is 2.09. The van der Waals surface area contributed by atoms with Crippen LogP contribution in [0.5, 0.6) is 0 Å². The molecule has 58 valence electrons. The third-order valence-corrected chi connectivity index (χ3v) is 1.88.